The summed E-state index contributed by atoms with van der Waals surface area (Å²) in [5, 5.41) is 4.57. The van der Waals surface area contributed by atoms with Crippen molar-refractivity contribution in [3.63, 3.8) is 0 Å². The van der Waals surface area contributed by atoms with Gasteiger partial charge in [0.05, 0.1) is 6.54 Å². The lowest BCUT2D eigenvalue weighted by Crippen LogP contribution is -2.39. The van der Waals surface area contributed by atoms with Gasteiger partial charge < -0.3 is 14.2 Å². The second-order valence-electron chi connectivity index (χ2n) is 6.55. The molecule has 0 aliphatic heterocycles. The van der Waals surface area contributed by atoms with Crippen LogP contribution in [0.15, 0.2) is 53.1 Å². The van der Waals surface area contributed by atoms with Crippen molar-refractivity contribution in [1.29, 1.82) is 0 Å². The van der Waals surface area contributed by atoms with Crippen LogP contribution in [0.1, 0.15) is 24.8 Å². The zero-order valence-electron chi connectivity index (χ0n) is 16.1. The Morgan fingerprint density at radius 1 is 1.25 bits per heavy atom. The predicted molar refractivity (Wildman–Crippen MR) is 107 cm³/mol. The zero-order chi connectivity index (χ0) is 20.1. The highest BCUT2D eigenvalue weighted by Crippen LogP contribution is 2.21. The number of carbonyl (C=O) groups excluding carboxylic acids is 1. The Balaban J connectivity index is 1.66. The summed E-state index contributed by atoms with van der Waals surface area (Å²) in [6, 6.07) is 14.8. The molecule has 146 valence electrons. The van der Waals surface area contributed by atoms with Crippen molar-refractivity contribution >= 4 is 17.5 Å². The van der Waals surface area contributed by atoms with Crippen molar-refractivity contribution in [2.24, 2.45) is 0 Å². The lowest BCUT2D eigenvalue weighted by Gasteiger charge is -2.22. The molecule has 1 aromatic heterocycles. The van der Waals surface area contributed by atoms with E-state index in [1.54, 1.807) is 31.3 Å². The van der Waals surface area contributed by atoms with Gasteiger partial charge in [-0.25, -0.2) is 0 Å². The number of ether oxygens (including phenoxy) is 1. The van der Waals surface area contributed by atoms with Crippen LogP contribution >= 0.6 is 11.6 Å². The number of hydrogen-bond acceptors (Lipinski definition) is 5. The second-order valence-corrected chi connectivity index (χ2v) is 6.98. The minimum absolute atomic E-state index is 0.169. The molecule has 1 unspecified atom stereocenters. The number of hydrogen-bond donors (Lipinski definition) is 0. The smallest absolute Gasteiger partial charge is 0.263 e. The molecule has 0 fully saturated rings. The highest BCUT2D eigenvalue weighted by Gasteiger charge is 2.24. The Kier molecular flexibility index (Phi) is 6.31. The number of likely N-dealkylation sites (N-methyl/N-ethyl adjacent to an activating group) is 1. The molecule has 28 heavy (non-hydrogen) atoms. The maximum absolute atomic E-state index is 12.8. The molecule has 3 rings (SSSR count). The number of nitrogens with zero attached hydrogens (tertiary/aromatic N) is 3. The molecule has 0 saturated heterocycles. The minimum Gasteiger partial charge on any atom is -0.481 e. The molecule has 7 heteroatoms. The number of halogens is 1. The summed E-state index contributed by atoms with van der Waals surface area (Å²) in [5.74, 6) is 1.25. The van der Waals surface area contributed by atoms with E-state index in [9.17, 15) is 4.79 Å². The van der Waals surface area contributed by atoms with Gasteiger partial charge in [-0.05, 0) is 37.6 Å². The molecule has 1 heterocycles. The van der Waals surface area contributed by atoms with Crippen LogP contribution in [0.4, 0.5) is 0 Å². The van der Waals surface area contributed by atoms with E-state index in [4.69, 9.17) is 20.9 Å². The van der Waals surface area contributed by atoms with Gasteiger partial charge in [-0.3, -0.25) is 4.79 Å². The van der Waals surface area contributed by atoms with Crippen LogP contribution in [0.25, 0.3) is 11.4 Å². The van der Waals surface area contributed by atoms with E-state index in [2.05, 4.69) is 10.1 Å². The van der Waals surface area contributed by atoms with Gasteiger partial charge in [0, 0.05) is 17.6 Å². The quantitative estimate of drug-likeness (QED) is 0.584. The summed E-state index contributed by atoms with van der Waals surface area (Å²) >= 11 is 5.98. The van der Waals surface area contributed by atoms with Gasteiger partial charge >= 0.3 is 0 Å². The van der Waals surface area contributed by atoms with Crippen LogP contribution in [0, 0.1) is 6.92 Å². The van der Waals surface area contributed by atoms with Crippen LogP contribution in [0.5, 0.6) is 5.75 Å². The van der Waals surface area contributed by atoms with Crippen LogP contribution in [-0.4, -0.2) is 34.1 Å². The van der Waals surface area contributed by atoms with Gasteiger partial charge in [-0.2, -0.15) is 4.98 Å². The number of benzene rings is 2. The van der Waals surface area contributed by atoms with Crippen LogP contribution in [-0.2, 0) is 11.3 Å². The van der Waals surface area contributed by atoms with Gasteiger partial charge in [0.1, 0.15) is 5.75 Å². The van der Waals surface area contributed by atoms with E-state index < -0.39 is 6.10 Å². The van der Waals surface area contributed by atoms with E-state index in [0.717, 1.165) is 11.1 Å². The van der Waals surface area contributed by atoms with Crippen LogP contribution < -0.4 is 4.74 Å². The molecule has 2 aromatic carbocycles. The minimum atomic E-state index is -0.623. The normalized spacial score (nSPS) is 11.9. The SMILES string of the molecule is CCC(Oc1cccc(Cl)c1)C(=O)N(C)Cc1nc(-c2cccc(C)c2)no1. The first-order valence-corrected chi connectivity index (χ1v) is 9.41. The first kappa shape index (κ1) is 19.9. The van der Waals surface area contributed by atoms with Crippen molar-refractivity contribution in [3.05, 3.63) is 65.0 Å². The maximum Gasteiger partial charge on any atom is 0.263 e. The second kappa shape index (κ2) is 8.89. The van der Waals surface area contributed by atoms with E-state index in [1.807, 2.05) is 38.1 Å². The summed E-state index contributed by atoms with van der Waals surface area (Å²) in [7, 11) is 1.68. The Hall–Kier alpha value is -2.86. The lowest BCUT2D eigenvalue weighted by atomic mass is 10.1. The number of amides is 1. The molecule has 0 bridgehead atoms. The average Bonchev–Trinajstić information content (AvgIpc) is 3.14. The summed E-state index contributed by atoms with van der Waals surface area (Å²) in [5.41, 5.74) is 1.99. The highest BCUT2D eigenvalue weighted by atomic mass is 35.5. The van der Waals surface area contributed by atoms with Crippen molar-refractivity contribution in [3.8, 4) is 17.1 Å². The van der Waals surface area contributed by atoms with Crippen molar-refractivity contribution in [2.75, 3.05) is 7.05 Å². The lowest BCUT2D eigenvalue weighted by molar-refractivity contribution is -0.138. The molecule has 6 nitrogen and oxygen atoms in total. The molecule has 0 aliphatic rings. The maximum atomic E-state index is 12.8. The average molecular weight is 400 g/mol. The number of rotatable bonds is 7. The summed E-state index contributed by atoms with van der Waals surface area (Å²) in [4.78, 5) is 18.7. The standard InChI is InChI=1S/C21H22ClN3O3/c1-4-18(27-17-10-6-9-16(22)12-17)21(26)25(3)13-19-23-20(24-28-19)15-8-5-7-14(2)11-15/h5-12,18H,4,13H2,1-3H3. The fraction of sp³-hybridized carbons (Fsp3) is 0.286. The third-order valence-electron chi connectivity index (χ3n) is 4.21. The number of carbonyl (C=O) groups is 1. The third kappa shape index (κ3) is 4.89. The number of aryl methyl sites for hydroxylation is 1. The molecular weight excluding hydrogens is 378 g/mol. The topological polar surface area (TPSA) is 68.5 Å². The fourth-order valence-electron chi connectivity index (χ4n) is 2.76. The van der Waals surface area contributed by atoms with Gasteiger partial charge in [0.25, 0.3) is 5.91 Å². The molecule has 1 atom stereocenters. The largest absolute Gasteiger partial charge is 0.481 e. The molecule has 0 saturated carbocycles. The van der Waals surface area contributed by atoms with Crippen LogP contribution in [0.3, 0.4) is 0 Å². The molecule has 0 radical (unpaired) electrons. The van der Waals surface area contributed by atoms with Gasteiger partial charge in [-0.1, -0.05) is 53.5 Å². The van der Waals surface area contributed by atoms with Gasteiger partial charge in [-0.15, -0.1) is 0 Å². The Morgan fingerprint density at radius 2 is 2.04 bits per heavy atom. The zero-order valence-corrected chi connectivity index (χ0v) is 16.8. The third-order valence-corrected chi connectivity index (χ3v) is 4.45. The Labute approximate surface area is 169 Å². The van der Waals surface area contributed by atoms with Crippen LogP contribution in [0.2, 0.25) is 5.02 Å². The van der Waals surface area contributed by atoms with Crippen molar-refractivity contribution < 1.29 is 14.1 Å². The monoisotopic (exact) mass is 399 g/mol. The Bertz CT molecular complexity index is 957. The van der Waals surface area contributed by atoms with Gasteiger partial charge in [0.2, 0.25) is 11.7 Å². The highest BCUT2D eigenvalue weighted by molar-refractivity contribution is 6.30. The molecule has 0 aliphatic carbocycles. The Morgan fingerprint density at radius 3 is 2.75 bits per heavy atom. The van der Waals surface area contributed by atoms with Gasteiger partial charge in [0.15, 0.2) is 6.10 Å². The van der Waals surface area contributed by atoms with Crippen molar-refractivity contribution in [2.45, 2.75) is 32.9 Å². The fourth-order valence-corrected chi connectivity index (χ4v) is 2.94. The molecule has 1 amide bonds. The van der Waals surface area contributed by atoms with E-state index in [-0.39, 0.29) is 12.5 Å². The summed E-state index contributed by atoms with van der Waals surface area (Å²) < 4.78 is 11.1. The van der Waals surface area contributed by atoms with E-state index >= 15 is 0 Å². The summed E-state index contributed by atoms with van der Waals surface area (Å²) in [6.07, 6.45) is -0.101. The first-order chi connectivity index (χ1) is 13.5. The predicted octanol–water partition coefficient (Wildman–Crippen LogP) is 4.51. The molecule has 0 N–H and O–H groups in total. The number of aromatic nitrogens is 2. The molecular formula is C21H22ClN3O3. The molecule has 0 spiro atoms. The molecule has 3 aromatic rings. The van der Waals surface area contributed by atoms with E-state index in [1.165, 1.54) is 4.90 Å². The van der Waals surface area contributed by atoms with E-state index in [0.29, 0.717) is 28.9 Å². The summed E-state index contributed by atoms with van der Waals surface area (Å²) in [6.45, 7) is 4.10. The van der Waals surface area contributed by atoms with Crippen molar-refractivity contribution in [1.82, 2.24) is 15.0 Å². The first-order valence-electron chi connectivity index (χ1n) is 9.03.